The van der Waals surface area contributed by atoms with Gasteiger partial charge in [0.15, 0.2) is 18.5 Å². The van der Waals surface area contributed by atoms with Crippen molar-refractivity contribution in [3.05, 3.63) is 0 Å². The fourth-order valence-electron chi connectivity index (χ4n) is 2.03. The van der Waals surface area contributed by atoms with Gasteiger partial charge in [-0.15, -0.1) is 0 Å². The van der Waals surface area contributed by atoms with Crippen LogP contribution in [0.4, 0.5) is 4.79 Å². The van der Waals surface area contributed by atoms with Gasteiger partial charge in [0, 0.05) is 13.0 Å². The Morgan fingerprint density at radius 3 is 2.47 bits per heavy atom. The number of carbonyl (C=O) groups excluding carboxylic acids is 1. The van der Waals surface area contributed by atoms with E-state index in [9.17, 15) is 4.79 Å². The maximum Gasteiger partial charge on any atom is 0.509 e. The molecule has 86 valence electrons. The molecule has 0 N–H and O–H groups in total. The lowest BCUT2D eigenvalue weighted by Crippen LogP contribution is -2.57. The van der Waals surface area contributed by atoms with E-state index < -0.39 is 24.2 Å². The lowest BCUT2D eigenvalue weighted by molar-refractivity contribution is -0.280. The van der Waals surface area contributed by atoms with Crippen LogP contribution in [-0.4, -0.2) is 37.4 Å². The van der Waals surface area contributed by atoms with Gasteiger partial charge in [-0.1, -0.05) is 6.92 Å². The Balaban J connectivity index is 2.24. The molecule has 0 aromatic heterocycles. The Morgan fingerprint density at radius 1 is 1.27 bits per heavy atom. The molecule has 0 bridgehead atoms. The minimum absolute atomic E-state index is 0.0698. The number of carbonyl (C=O) groups is 1. The van der Waals surface area contributed by atoms with E-state index in [1.54, 1.807) is 0 Å². The fraction of sp³-hybridized carbons (Fsp3) is 0.900. The van der Waals surface area contributed by atoms with Crippen LogP contribution in [0.3, 0.4) is 0 Å². The summed E-state index contributed by atoms with van der Waals surface area (Å²) in [4.78, 5) is 11.1. The molecule has 0 aromatic rings. The third-order valence-corrected chi connectivity index (χ3v) is 3.30. The minimum atomic E-state index is -0.639. The maximum atomic E-state index is 11.1. The van der Waals surface area contributed by atoms with Gasteiger partial charge in [0.05, 0.1) is 5.60 Å². The van der Waals surface area contributed by atoms with Crippen molar-refractivity contribution < 1.29 is 23.7 Å². The molecular formula is C10H16O5. The SMILES string of the molecule is COC1OC(C)(C)[C@H](C)[C@@H]2OC(=O)O[C@H]12. The van der Waals surface area contributed by atoms with Crippen LogP contribution in [0.1, 0.15) is 20.8 Å². The molecule has 2 aliphatic rings. The first kappa shape index (κ1) is 10.7. The summed E-state index contributed by atoms with van der Waals surface area (Å²) in [6, 6.07) is 0. The Bertz CT molecular complexity index is 275. The number of ether oxygens (including phenoxy) is 4. The van der Waals surface area contributed by atoms with E-state index in [1.165, 1.54) is 7.11 Å². The molecule has 5 nitrogen and oxygen atoms in total. The largest absolute Gasteiger partial charge is 0.509 e. The van der Waals surface area contributed by atoms with Crippen molar-refractivity contribution >= 4 is 6.16 Å². The summed E-state index contributed by atoms with van der Waals surface area (Å²) in [5, 5.41) is 0. The van der Waals surface area contributed by atoms with Crippen molar-refractivity contribution in [2.24, 2.45) is 5.92 Å². The molecule has 4 atom stereocenters. The molecule has 0 spiro atoms. The monoisotopic (exact) mass is 216 g/mol. The summed E-state index contributed by atoms with van der Waals surface area (Å²) in [6.45, 7) is 5.88. The highest BCUT2D eigenvalue weighted by atomic mass is 16.8. The Hall–Kier alpha value is -0.810. The topological polar surface area (TPSA) is 54.0 Å². The van der Waals surface area contributed by atoms with Crippen LogP contribution < -0.4 is 0 Å². The van der Waals surface area contributed by atoms with Crippen LogP contribution in [0, 0.1) is 5.92 Å². The maximum absolute atomic E-state index is 11.1. The van der Waals surface area contributed by atoms with Crippen LogP contribution in [-0.2, 0) is 18.9 Å². The first-order chi connectivity index (χ1) is 6.95. The zero-order valence-electron chi connectivity index (χ0n) is 9.35. The van der Waals surface area contributed by atoms with Crippen molar-refractivity contribution in [3.63, 3.8) is 0 Å². The second-order valence-corrected chi connectivity index (χ2v) is 4.53. The first-order valence-electron chi connectivity index (χ1n) is 5.03. The van der Waals surface area contributed by atoms with Crippen LogP contribution in [0.2, 0.25) is 0 Å². The van der Waals surface area contributed by atoms with Crippen molar-refractivity contribution in [1.29, 1.82) is 0 Å². The zero-order valence-corrected chi connectivity index (χ0v) is 9.35. The lowest BCUT2D eigenvalue weighted by atomic mass is 9.82. The van der Waals surface area contributed by atoms with Crippen molar-refractivity contribution in [2.45, 2.75) is 44.9 Å². The summed E-state index contributed by atoms with van der Waals surface area (Å²) in [6.07, 6.45) is -1.93. The van der Waals surface area contributed by atoms with E-state index in [1.807, 2.05) is 20.8 Å². The molecule has 0 saturated carbocycles. The molecule has 15 heavy (non-hydrogen) atoms. The number of hydrogen-bond acceptors (Lipinski definition) is 5. The highest BCUT2D eigenvalue weighted by Crippen LogP contribution is 2.40. The molecule has 2 rings (SSSR count). The molecule has 0 aromatic carbocycles. The number of hydrogen-bond donors (Lipinski definition) is 0. The molecule has 5 heteroatoms. The van der Waals surface area contributed by atoms with Crippen molar-refractivity contribution in [1.82, 2.24) is 0 Å². The van der Waals surface area contributed by atoms with Gasteiger partial charge in [-0.05, 0) is 13.8 Å². The minimum Gasteiger partial charge on any atom is -0.426 e. The summed E-state index contributed by atoms with van der Waals surface area (Å²) in [5.74, 6) is 0.0698. The number of fused-ring (bicyclic) bond motifs is 1. The zero-order chi connectivity index (χ0) is 11.2. The quantitative estimate of drug-likeness (QED) is 0.618. The number of methoxy groups -OCH3 is 1. The van der Waals surface area contributed by atoms with E-state index in [0.717, 1.165) is 0 Å². The second kappa shape index (κ2) is 3.35. The standard InChI is InChI=1S/C10H16O5/c1-5-6-7(14-9(11)13-6)8(12-4)15-10(5,2)3/h5-8H,1-4H3/t5-,6+,7+,8?/m1/s1. The van der Waals surface area contributed by atoms with Crippen LogP contribution in [0.5, 0.6) is 0 Å². The fourth-order valence-corrected chi connectivity index (χ4v) is 2.03. The first-order valence-corrected chi connectivity index (χ1v) is 5.03. The van der Waals surface area contributed by atoms with E-state index >= 15 is 0 Å². The summed E-state index contributed by atoms with van der Waals surface area (Å²) in [7, 11) is 1.53. The second-order valence-electron chi connectivity index (χ2n) is 4.53. The third kappa shape index (κ3) is 1.59. The predicted molar refractivity (Wildman–Crippen MR) is 50.3 cm³/mol. The Kier molecular flexibility index (Phi) is 2.39. The Labute approximate surface area is 88.6 Å². The van der Waals surface area contributed by atoms with Crippen LogP contribution in [0.15, 0.2) is 0 Å². The average Bonchev–Trinajstić information content (AvgIpc) is 2.54. The van der Waals surface area contributed by atoms with Gasteiger partial charge < -0.3 is 18.9 Å². The lowest BCUT2D eigenvalue weighted by Gasteiger charge is -2.44. The van der Waals surface area contributed by atoms with E-state index in [-0.39, 0.29) is 12.0 Å². The van der Waals surface area contributed by atoms with Crippen molar-refractivity contribution in [3.8, 4) is 0 Å². The van der Waals surface area contributed by atoms with Gasteiger partial charge in [-0.3, -0.25) is 0 Å². The van der Waals surface area contributed by atoms with Gasteiger partial charge in [0.2, 0.25) is 0 Å². The average molecular weight is 216 g/mol. The highest BCUT2D eigenvalue weighted by molar-refractivity contribution is 5.62. The molecule has 2 fully saturated rings. The molecule has 0 amide bonds. The molecule has 2 aliphatic heterocycles. The van der Waals surface area contributed by atoms with Gasteiger partial charge in [-0.2, -0.15) is 0 Å². The van der Waals surface area contributed by atoms with Crippen LogP contribution >= 0.6 is 0 Å². The van der Waals surface area contributed by atoms with Gasteiger partial charge in [0.25, 0.3) is 0 Å². The molecule has 2 heterocycles. The predicted octanol–water partition coefficient (Wildman–Crippen LogP) is 1.31. The molecule has 0 radical (unpaired) electrons. The van der Waals surface area contributed by atoms with Crippen molar-refractivity contribution in [2.75, 3.05) is 7.11 Å². The van der Waals surface area contributed by atoms with Gasteiger partial charge in [-0.25, -0.2) is 4.79 Å². The normalized spacial score (nSPS) is 43.1. The molecule has 0 aliphatic carbocycles. The van der Waals surface area contributed by atoms with Crippen LogP contribution in [0.25, 0.3) is 0 Å². The molecule has 2 saturated heterocycles. The third-order valence-electron chi connectivity index (χ3n) is 3.30. The summed E-state index contributed by atoms with van der Waals surface area (Å²) in [5.41, 5.74) is -0.393. The smallest absolute Gasteiger partial charge is 0.426 e. The summed E-state index contributed by atoms with van der Waals surface area (Å²) < 4.78 is 21.0. The van der Waals surface area contributed by atoms with Gasteiger partial charge >= 0.3 is 6.16 Å². The summed E-state index contributed by atoms with van der Waals surface area (Å²) >= 11 is 0. The Morgan fingerprint density at radius 2 is 1.87 bits per heavy atom. The van der Waals surface area contributed by atoms with Gasteiger partial charge in [0.1, 0.15) is 0 Å². The molecular weight excluding hydrogens is 200 g/mol. The number of rotatable bonds is 1. The van der Waals surface area contributed by atoms with E-state index in [2.05, 4.69) is 0 Å². The van der Waals surface area contributed by atoms with E-state index in [4.69, 9.17) is 18.9 Å². The molecule has 1 unspecified atom stereocenters. The van der Waals surface area contributed by atoms with E-state index in [0.29, 0.717) is 0 Å². The highest BCUT2D eigenvalue weighted by Gasteiger charge is 2.55.